The van der Waals surface area contributed by atoms with Gasteiger partial charge in [-0.25, -0.2) is 17.5 Å². The fourth-order valence-electron chi connectivity index (χ4n) is 1.63. The summed E-state index contributed by atoms with van der Waals surface area (Å²) in [5.41, 5.74) is -1.05. The van der Waals surface area contributed by atoms with E-state index in [1.165, 1.54) is 0 Å². The van der Waals surface area contributed by atoms with Gasteiger partial charge < -0.3 is 0 Å². The average molecular weight is 337 g/mol. The van der Waals surface area contributed by atoms with E-state index in [-0.39, 0.29) is 18.0 Å². The first-order valence-corrected chi connectivity index (χ1v) is 7.53. The van der Waals surface area contributed by atoms with Gasteiger partial charge in [-0.15, -0.1) is 0 Å². The topological polar surface area (TPSA) is 64.0 Å². The zero-order valence-electron chi connectivity index (χ0n) is 11.0. The molecule has 0 saturated heterocycles. The molecule has 0 saturated carbocycles. The largest absolute Gasteiger partial charge is 0.435 e. The van der Waals surface area contributed by atoms with Gasteiger partial charge in [-0.05, 0) is 30.3 Å². The van der Waals surface area contributed by atoms with Crippen molar-refractivity contribution in [3.63, 3.8) is 0 Å². The molecule has 22 heavy (non-hydrogen) atoms. The van der Waals surface area contributed by atoms with Gasteiger partial charge >= 0.3 is 6.18 Å². The lowest BCUT2D eigenvalue weighted by atomic mass is 10.4. The zero-order chi connectivity index (χ0) is 16.4. The van der Waals surface area contributed by atoms with E-state index < -0.39 is 27.7 Å². The lowest BCUT2D eigenvalue weighted by Crippen LogP contribution is -2.27. The molecule has 0 aliphatic heterocycles. The Hall–Kier alpha value is -1.94. The van der Waals surface area contributed by atoms with E-state index in [2.05, 4.69) is 9.82 Å². The van der Waals surface area contributed by atoms with Crippen LogP contribution in [0, 0.1) is 5.82 Å². The number of hydrogen-bond donors (Lipinski definition) is 1. The maximum Gasteiger partial charge on any atom is 0.435 e. The summed E-state index contributed by atoms with van der Waals surface area (Å²) in [5, 5.41) is 3.29. The third kappa shape index (κ3) is 4.04. The third-order valence-electron chi connectivity index (χ3n) is 2.69. The standard InChI is InChI=1S/C12H11F4N3O2S/c13-9-1-3-10(4-2-9)22(20,21)17-6-8-19-7-5-11(18-19)12(14,15)16/h1-5,7,17H,6,8H2. The Morgan fingerprint density at radius 3 is 2.32 bits per heavy atom. The Labute approximate surface area is 123 Å². The van der Waals surface area contributed by atoms with Crippen LogP contribution in [-0.2, 0) is 22.7 Å². The molecule has 2 rings (SSSR count). The number of sulfonamides is 1. The second-order valence-corrected chi connectivity index (χ2v) is 6.08. The fraction of sp³-hybridized carbons (Fsp3) is 0.250. The van der Waals surface area contributed by atoms with E-state index >= 15 is 0 Å². The number of nitrogens with one attached hydrogen (secondary N) is 1. The van der Waals surface area contributed by atoms with Crippen LogP contribution in [0.15, 0.2) is 41.4 Å². The normalized spacial score (nSPS) is 12.5. The summed E-state index contributed by atoms with van der Waals surface area (Å²) in [6.45, 7) is -0.227. The van der Waals surface area contributed by atoms with Crippen molar-refractivity contribution in [2.75, 3.05) is 6.54 Å². The minimum Gasteiger partial charge on any atom is -0.271 e. The zero-order valence-corrected chi connectivity index (χ0v) is 11.8. The molecule has 0 amide bonds. The summed E-state index contributed by atoms with van der Waals surface area (Å²) in [6, 6.07) is 4.98. The van der Waals surface area contributed by atoms with Crippen LogP contribution in [0.5, 0.6) is 0 Å². The average Bonchev–Trinajstić information content (AvgIpc) is 2.88. The number of aromatic nitrogens is 2. The minimum absolute atomic E-state index is 0.0729. The Bertz CT molecular complexity index is 738. The smallest absolute Gasteiger partial charge is 0.271 e. The fourth-order valence-corrected chi connectivity index (χ4v) is 2.65. The Morgan fingerprint density at radius 2 is 1.77 bits per heavy atom. The van der Waals surface area contributed by atoms with Gasteiger partial charge in [-0.3, -0.25) is 4.68 Å². The first-order valence-electron chi connectivity index (χ1n) is 6.04. The van der Waals surface area contributed by atoms with Crippen molar-refractivity contribution in [2.45, 2.75) is 17.6 Å². The molecule has 0 spiro atoms. The predicted octanol–water partition coefficient (Wildman–Crippen LogP) is 2.02. The molecule has 120 valence electrons. The Morgan fingerprint density at radius 1 is 1.14 bits per heavy atom. The second-order valence-electron chi connectivity index (χ2n) is 4.31. The van der Waals surface area contributed by atoms with Gasteiger partial charge in [0, 0.05) is 12.7 Å². The molecule has 1 N–H and O–H groups in total. The maximum absolute atomic E-state index is 12.7. The summed E-state index contributed by atoms with van der Waals surface area (Å²) in [6.07, 6.45) is -3.44. The summed E-state index contributed by atoms with van der Waals surface area (Å²) >= 11 is 0. The van der Waals surface area contributed by atoms with Gasteiger partial charge in [0.25, 0.3) is 0 Å². The van der Waals surface area contributed by atoms with Crippen molar-refractivity contribution in [1.82, 2.24) is 14.5 Å². The molecule has 1 heterocycles. The molecule has 10 heteroatoms. The third-order valence-corrected chi connectivity index (χ3v) is 4.16. The van der Waals surface area contributed by atoms with Crippen LogP contribution in [0.3, 0.4) is 0 Å². The molecule has 2 aromatic rings. The second kappa shape index (κ2) is 6.05. The first kappa shape index (κ1) is 16.4. The van der Waals surface area contributed by atoms with E-state index in [4.69, 9.17) is 0 Å². The molecule has 0 unspecified atom stereocenters. The van der Waals surface area contributed by atoms with Crippen molar-refractivity contribution >= 4 is 10.0 Å². The maximum atomic E-state index is 12.7. The highest BCUT2D eigenvalue weighted by Crippen LogP contribution is 2.27. The van der Waals surface area contributed by atoms with Crippen LogP contribution < -0.4 is 4.72 Å². The molecule has 0 fully saturated rings. The molecule has 0 radical (unpaired) electrons. The molecular formula is C12H11F4N3O2S. The van der Waals surface area contributed by atoms with Gasteiger partial charge in [0.05, 0.1) is 11.4 Å². The van der Waals surface area contributed by atoms with E-state index in [0.29, 0.717) is 0 Å². The summed E-state index contributed by atoms with van der Waals surface area (Å²) < 4.78 is 76.7. The molecular weight excluding hydrogens is 326 g/mol. The van der Waals surface area contributed by atoms with Gasteiger partial charge in [-0.2, -0.15) is 18.3 Å². The van der Waals surface area contributed by atoms with Crippen LogP contribution >= 0.6 is 0 Å². The molecule has 0 aliphatic rings. The van der Waals surface area contributed by atoms with Crippen molar-refractivity contribution < 1.29 is 26.0 Å². The highest BCUT2D eigenvalue weighted by molar-refractivity contribution is 7.89. The monoisotopic (exact) mass is 337 g/mol. The van der Waals surface area contributed by atoms with E-state index in [9.17, 15) is 26.0 Å². The van der Waals surface area contributed by atoms with E-state index in [0.717, 1.165) is 41.2 Å². The molecule has 1 aromatic heterocycles. The SMILES string of the molecule is O=S(=O)(NCCn1ccc(C(F)(F)F)n1)c1ccc(F)cc1. The van der Waals surface area contributed by atoms with Gasteiger partial charge in [0.2, 0.25) is 10.0 Å². The van der Waals surface area contributed by atoms with Gasteiger partial charge in [0.15, 0.2) is 5.69 Å². The van der Waals surface area contributed by atoms with Gasteiger partial charge in [0.1, 0.15) is 5.82 Å². The minimum atomic E-state index is -4.54. The van der Waals surface area contributed by atoms with E-state index in [1.807, 2.05) is 0 Å². The summed E-state index contributed by atoms with van der Waals surface area (Å²) in [7, 11) is -3.85. The lowest BCUT2D eigenvalue weighted by Gasteiger charge is -2.07. The van der Waals surface area contributed by atoms with Crippen molar-refractivity contribution in [1.29, 1.82) is 0 Å². The molecule has 0 atom stereocenters. The molecule has 0 bridgehead atoms. The number of benzene rings is 1. The van der Waals surface area contributed by atoms with Gasteiger partial charge in [-0.1, -0.05) is 0 Å². The predicted molar refractivity (Wildman–Crippen MR) is 68.8 cm³/mol. The summed E-state index contributed by atoms with van der Waals surface area (Å²) in [4.78, 5) is -0.134. The van der Waals surface area contributed by atoms with Crippen LogP contribution in [0.2, 0.25) is 0 Å². The quantitative estimate of drug-likeness (QED) is 0.849. The van der Waals surface area contributed by atoms with Crippen molar-refractivity contribution in [3.05, 3.63) is 48.0 Å². The number of alkyl halides is 3. The lowest BCUT2D eigenvalue weighted by molar-refractivity contribution is -0.141. The number of nitrogens with zero attached hydrogens (tertiary/aromatic N) is 2. The number of rotatable bonds is 5. The van der Waals surface area contributed by atoms with Crippen molar-refractivity contribution in [3.8, 4) is 0 Å². The Balaban J connectivity index is 1.95. The number of hydrogen-bond acceptors (Lipinski definition) is 3. The molecule has 1 aromatic carbocycles. The molecule has 5 nitrogen and oxygen atoms in total. The van der Waals surface area contributed by atoms with Crippen LogP contribution in [0.4, 0.5) is 17.6 Å². The Kier molecular flexibility index (Phi) is 4.52. The van der Waals surface area contributed by atoms with Crippen LogP contribution in [-0.4, -0.2) is 24.7 Å². The number of halogens is 4. The van der Waals surface area contributed by atoms with Crippen LogP contribution in [0.25, 0.3) is 0 Å². The van der Waals surface area contributed by atoms with E-state index in [1.54, 1.807) is 0 Å². The van der Waals surface area contributed by atoms with Crippen molar-refractivity contribution in [2.24, 2.45) is 0 Å². The first-order chi connectivity index (χ1) is 10.2. The molecule has 0 aliphatic carbocycles. The highest BCUT2D eigenvalue weighted by atomic mass is 32.2. The highest BCUT2D eigenvalue weighted by Gasteiger charge is 2.33. The summed E-state index contributed by atoms with van der Waals surface area (Å²) in [5.74, 6) is -0.574. The van der Waals surface area contributed by atoms with Crippen LogP contribution in [0.1, 0.15) is 5.69 Å².